The summed E-state index contributed by atoms with van der Waals surface area (Å²) >= 11 is 0. The molecule has 0 radical (unpaired) electrons. The van der Waals surface area contributed by atoms with Gasteiger partial charge in [-0.05, 0) is 43.5 Å². The smallest absolute Gasteiger partial charge is 0.129 e. The van der Waals surface area contributed by atoms with Gasteiger partial charge in [-0.3, -0.25) is 4.68 Å². The minimum absolute atomic E-state index is 0.0170. The summed E-state index contributed by atoms with van der Waals surface area (Å²) in [6.07, 6.45) is 4.54. The molecule has 1 N–H and O–H groups in total. The Morgan fingerprint density at radius 1 is 1.35 bits per heavy atom. The van der Waals surface area contributed by atoms with E-state index in [1.165, 1.54) is 0 Å². The summed E-state index contributed by atoms with van der Waals surface area (Å²) in [6.45, 7) is 2.73. The highest BCUT2D eigenvalue weighted by Crippen LogP contribution is 2.23. The molecule has 1 aliphatic heterocycles. The summed E-state index contributed by atoms with van der Waals surface area (Å²) in [5.41, 5.74) is 0.0170. The molecule has 7 heteroatoms. The van der Waals surface area contributed by atoms with Gasteiger partial charge in [0, 0.05) is 31.4 Å². The molecule has 124 valence electrons. The van der Waals surface area contributed by atoms with Crippen molar-refractivity contribution in [1.29, 1.82) is 0 Å². The van der Waals surface area contributed by atoms with Crippen LogP contribution < -0.4 is 0 Å². The summed E-state index contributed by atoms with van der Waals surface area (Å²) in [5.74, 6) is -0.701. The second-order valence-electron chi connectivity index (χ2n) is 6.07. The maximum atomic E-state index is 13.7. The van der Waals surface area contributed by atoms with E-state index in [1.54, 1.807) is 10.9 Å². The van der Waals surface area contributed by atoms with E-state index in [2.05, 4.69) is 15.2 Å². The van der Waals surface area contributed by atoms with Gasteiger partial charge in [-0.1, -0.05) is 5.21 Å². The van der Waals surface area contributed by atoms with Crippen molar-refractivity contribution in [3.05, 3.63) is 47.8 Å². The number of β-amino-alcohol motifs (C(OH)–C–C–N with tert-alkyl or cyclic N) is 1. The lowest BCUT2D eigenvalue weighted by Crippen LogP contribution is -2.39. The SMILES string of the molecule is OC(CN1CCCC(Cn2ccnn2)C1)c1cc(F)ccc1F. The van der Waals surface area contributed by atoms with E-state index in [0.29, 0.717) is 12.5 Å². The van der Waals surface area contributed by atoms with Crippen LogP contribution in [0.25, 0.3) is 0 Å². The molecule has 0 amide bonds. The van der Waals surface area contributed by atoms with Gasteiger partial charge in [-0.15, -0.1) is 5.10 Å². The molecule has 2 aromatic rings. The zero-order chi connectivity index (χ0) is 16.2. The number of rotatable bonds is 5. The van der Waals surface area contributed by atoms with Gasteiger partial charge in [-0.25, -0.2) is 8.78 Å². The van der Waals surface area contributed by atoms with Crippen molar-refractivity contribution in [2.24, 2.45) is 5.92 Å². The van der Waals surface area contributed by atoms with E-state index in [0.717, 1.165) is 50.7 Å². The quantitative estimate of drug-likeness (QED) is 0.915. The minimum atomic E-state index is -1.03. The molecular weight excluding hydrogens is 302 g/mol. The molecule has 23 heavy (non-hydrogen) atoms. The number of aromatic nitrogens is 3. The predicted molar refractivity (Wildman–Crippen MR) is 80.5 cm³/mol. The summed E-state index contributed by atoms with van der Waals surface area (Å²) in [4.78, 5) is 2.10. The Bertz CT molecular complexity index is 635. The number of nitrogens with zero attached hydrogens (tertiary/aromatic N) is 4. The molecule has 0 saturated carbocycles. The Balaban J connectivity index is 1.59. The molecule has 5 nitrogen and oxygen atoms in total. The van der Waals surface area contributed by atoms with Crippen LogP contribution in [0.3, 0.4) is 0 Å². The molecule has 2 atom stereocenters. The number of benzene rings is 1. The molecular formula is C16H20F2N4O. The third-order valence-corrected chi connectivity index (χ3v) is 4.27. The zero-order valence-electron chi connectivity index (χ0n) is 12.8. The van der Waals surface area contributed by atoms with Crippen LogP contribution in [0.5, 0.6) is 0 Å². The first-order chi connectivity index (χ1) is 11.1. The molecule has 3 rings (SSSR count). The van der Waals surface area contributed by atoms with Crippen LogP contribution in [-0.4, -0.2) is 44.6 Å². The van der Waals surface area contributed by atoms with E-state index in [-0.39, 0.29) is 5.56 Å². The van der Waals surface area contributed by atoms with Gasteiger partial charge < -0.3 is 10.0 Å². The van der Waals surface area contributed by atoms with E-state index in [9.17, 15) is 13.9 Å². The topological polar surface area (TPSA) is 54.2 Å². The van der Waals surface area contributed by atoms with Gasteiger partial charge >= 0.3 is 0 Å². The third-order valence-electron chi connectivity index (χ3n) is 4.27. The van der Waals surface area contributed by atoms with Gasteiger partial charge in [0.25, 0.3) is 0 Å². The minimum Gasteiger partial charge on any atom is -0.387 e. The van der Waals surface area contributed by atoms with Crippen LogP contribution in [0.15, 0.2) is 30.6 Å². The number of likely N-dealkylation sites (tertiary alicyclic amines) is 1. The molecule has 1 saturated heterocycles. The fourth-order valence-electron chi connectivity index (χ4n) is 3.17. The Labute approximate surface area is 133 Å². The average molecular weight is 322 g/mol. The largest absolute Gasteiger partial charge is 0.387 e. The first-order valence-electron chi connectivity index (χ1n) is 7.81. The maximum Gasteiger partial charge on any atom is 0.129 e. The van der Waals surface area contributed by atoms with Crippen molar-refractivity contribution < 1.29 is 13.9 Å². The molecule has 2 unspecified atom stereocenters. The van der Waals surface area contributed by atoms with Gasteiger partial charge in [0.2, 0.25) is 0 Å². The number of hydrogen-bond donors (Lipinski definition) is 1. The van der Waals surface area contributed by atoms with Crippen molar-refractivity contribution in [2.45, 2.75) is 25.5 Å². The molecule has 1 aromatic carbocycles. The first kappa shape index (κ1) is 16.0. The maximum absolute atomic E-state index is 13.7. The normalized spacial score (nSPS) is 20.6. The molecule has 0 aliphatic carbocycles. The number of aliphatic hydroxyl groups excluding tert-OH is 1. The lowest BCUT2D eigenvalue weighted by molar-refractivity contribution is 0.0777. The summed E-state index contributed by atoms with van der Waals surface area (Å²) in [6, 6.07) is 3.18. The molecule has 2 heterocycles. The van der Waals surface area contributed by atoms with Crippen LogP contribution in [0.2, 0.25) is 0 Å². The third kappa shape index (κ3) is 4.11. The second-order valence-corrected chi connectivity index (χ2v) is 6.07. The lowest BCUT2D eigenvalue weighted by Gasteiger charge is -2.33. The van der Waals surface area contributed by atoms with E-state index in [4.69, 9.17) is 0 Å². The second kappa shape index (κ2) is 7.14. The Morgan fingerprint density at radius 3 is 3.00 bits per heavy atom. The van der Waals surface area contributed by atoms with Crippen LogP contribution in [0, 0.1) is 17.6 Å². The highest BCUT2D eigenvalue weighted by molar-refractivity contribution is 5.21. The van der Waals surface area contributed by atoms with Gasteiger partial charge in [-0.2, -0.15) is 0 Å². The van der Waals surface area contributed by atoms with E-state index in [1.807, 2.05) is 6.20 Å². The number of halogens is 2. The highest BCUT2D eigenvalue weighted by atomic mass is 19.1. The molecule has 0 spiro atoms. The van der Waals surface area contributed by atoms with Gasteiger partial charge in [0.05, 0.1) is 12.3 Å². The van der Waals surface area contributed by atoms with Crippen LogP contribution in [0.1, 0.15) is 24.5 Å². The first-order valence-corrected chi connectivity index (χ1v) is 7.81. The number of hydrogen-bond acceptors (Lipinski definition) is 4. The van der Waals surface area contributed by atoms with Gasteiger partial charge in [0.15, 0.2) is 0 Å². The van der Waals surface area contributed by atoms with Gasteiger partial charge in [0.1, 0.15) is 11.6 Å². The zero-order valence-corrected chi connectivity index (χ0v) is 12.8. The Morgan fingerprint density at radius 2 is 2.22 bits per heavy atom. The predicted octanol–water partition coefficient (Wildman–Crippen LogP) is 2.00. The molecule has 0 bridgehead atoms. The van der Waals surface area contributed by atoms with E-state index < -0.39 is 17.7 Å². The monoisotopic (exact) mass is 322 g/mol. The van der Waals surface area contributed by atoms with Crippen LogP contribution in [-0.2, 0) is 6.54 Å². The number of piperidine rings is 1. The van der Waals surface area contributed by atoms with Crippen molar-refractivity contribution in [2.75, 3.05) is 19.6 Å². The fraction of sp³-hybridized carbons (Fsp3) is 0.500. The van der Waals surface area contributed by atoms with Crippen molar-refractivity contribution >= 4 is 0 Å². The standard InChI is InChI=1S/C16H20F2N4O/c17-13-3-4-15(18)14(8-13)16(23)11-21-6-1-2-12(9-21)10-22-7-5-19-20-22/h3-5,7-8,12,16,23H,1-2,6,9-11H2. The summed E-state index contributed by atoms with van der Waals surface area (Å²) in [5, 5.41) is 18.0. The molecule has 1 aromatic heterocycles. The Kier molecular flexibility index (Phi) is 4.97. The summed E-state index contributed by atoms with van der Waals surface area (Å²) < 4.78 is 28.8. The van der Waals surface area contributed by atoms with E-state index >= 15 is 0 Å². The Hall–Kier alpha value is -1.86. The molecule has 1 fully saturated rings. The van der Waals surface area contributed by atoms with Crippen molar-refractivity contribution in [3.63, 3.8) is 0 Å². The lowest BCUT2D eigenvalue weighted by atomic mass is 9.97. The molecule has 1 aliphatic rings. The summed E-state index contributed by atoms with van der Waals surface area (Å²) in [7, 11) is 0. The average Bonchev–Trinajstić information content (AvgIpc) is 3.03. The van der Waals surface area contributed by atoms with Crippen molar-refractivity contribution in [3.8, 4) is 0 Å². The van der Waals surface area contributed by atoms with Crippen LogP contribution in [0.4, 0.5) is 8.78 Å². The van der Waals surface area contributed by atoms with Crippen LogP contribution >= 0.6 is 0 Å². The fourth-order valence-corrected chi connectivity index (χ4v) is 3.17. The number of aliphatic hydroxyl groups is 1. The van der Waals surface area contributed by atoms with Crippen molar-refractivity contribution in [1.82, 2.24) is 19.9 Å². The highest BCUT2D eigenvalue weighted by Gasteiger charge is 2.24.